The van der Waals surface area contributed by atoms with Gasteiger partial charge < -0.3 is 9.84 Å². The first-order valence-electron chi connectivity index (χ1n) is 6.62. The molecule has 0 aliphatic rings. The van der Waals surface area contributed by atoms with Gasteiger partial charge in [0.2, 0.25) is 10.0 Å². The number of ether oxygens (including phenoxy) is 1. The molecule has 1 aromatic rings. The highest BCUT2D eigenvalue weighted by Crippen LogP contribution is 2.22. The van der Waals surface area contributed by atoms with Gasteiger partial charge in [-0.3, -0.25) is 4.79 Å². The summed E-state index contributed by atoms with van der Waals surface area (Å²) in [6.45, 7) is 5.23. The molecule has 21 heavy (non-hydrogen) atoms. The quantitative estimate of drug-likeness (QED) is 0.800. The van der Waals surface area contributed by atoms with Gasteiger partial charge in [-0.05, 0) is 36.6 Å². The van der Waals surface area contributed by atoms with Crippen LogP contribution in [0.4, 0.5) is 0 Å². The second-order valence-corrected chi connectivity index (χ2v) is 6.67. The summed E-state index contributed by atoms with van der Waals surface area (Å²) in [5, 5.41) is 9.17. The van der Waals surface area contributed by atoms with Crippen LogP contribution in [0.3, 0.4) is 0 Å². The summed E-state index contributed by atoms with van der Waals surface area (Å²) in [5.74, 6) is -0.916. The molecule has 0 aliphatic heterocycles. The van der Waals surface area contributed by atoms with E-state index >= 15 is 0 Å². The van der Waals surface area contributed by atoms with Crippen molar-refractivity contribution in [3.8, 4) is 5.75 Å². The van der Waals surface area contributed by atoms with Crippen LogP contribution in [0.25, 0.3) is 0 Å². The Balaban J connectivity index is 3.10. The summed E-state index contributed by atoms with van der Waals surface area (Å²) in [6, 6.07) is 3.24. The Morgan fingerprint density at radius 3 is 2.48 bits per heavy atom. The fourth-order valence-electron chi connectivity index (χ4n) is 1.90. The largest absolute Gasteiger partial charge is 0.496 e. The molecule has 6 nitrogen and oxygen atoms in total. The summed E-state index contributed by atoms with van der Waals surface area (Å²) in [5.41, 5.74) is 0.663. The molecule has 0 saturated carbocycles. The molecular formula is C14H21NO5S. The van der Waals surface area contributed by atoms with Gasteiger partial charge in [-0.2, -0.15) is 4.72 Å². The summed E-state index contributed by atoms with van der Waals surface area (Å²) >= 11 is 0. The van der Waals surface area contributed by atoms with Crippen molar-refractivity contribution in [2.24, 2.45) is 5.92 Å². The number of hydrogen-bond donors (Lipinski definition) is 2. The normalized spacial score (nSPS) is 14.5. The van der Waals surface area contributed by atoms with Gasteiger partial charge in [0.15, 0.2) is 0 Å². The van der Waals surface area contributed by atoms with E-state index in [4.69, 9.17) is 4.74 Å². The van der Waals surface area contributed by atoms with Crippen molar-refractivity contribution in [3.05, 3.63) is 23.8 Å². The first-order chi connectivity index (χ1) is 9.72. The molecule has 0 spiro atoms. The number of rotatable bonds is 7. The topological polar surface area (TPSA) is 92.7 Å². The molecule has 2 unspecified atom stereocenters. The fraction of sp³-hybridized carbons (Fsp3) is 0.500. The Morgan fingerprint density at radius 1 is 1.43 bits per heavy atom. The third-order valence-electron chi connectivity index (χ3n) is 3.44. The highest BCUT2D eigenvalue weighted by Gasteiger charge is 2.29. The van der Waals surface area contributed by atoms with Crippen LogP contribution in [0.1, 0.15) is 25.8 Å². The SMILES string of the molecule is CCC(C)C(NS(=O)(=O)c1ccc(OC)c(C)c1)C(=O)O. The predicted octanol–water partition coefficient (Wildman–Crippen LogP) is 1.78. The highest BCUT2D eigenvalue weighted by atomic mass is 32.2. The molecule has 0 radical (unpaired) electrons. The van der Waals surface area contributed by atoms with E-state index in [1.165, 1.54) is 19.2 Å². The number of carboxylic acids is 1. The number of carbonyl (C=O) groups is 1. The van der Waals surface area contributed by atoms with Crippen LogP contribution in [0.2, 0.25) is 0 Å². The number of hydrogen-bond acceptors (Lipinski definition) is 4. The maximum atomic E-state index is 12.3. The van der Waals surface area contributed by atoms with E-state index in [1.54, 1.807) is 19.9 Å². The standard InChI is InChI=1S/C14H21NO5S/c1-5-9(2)13(14(16)17)15-21(18,19)11-6-7-12(20-4)10(3)8-11/h6-9,13,15H,5H2,1-4H3,(H,16,17). The van der Waals surface area contributed by atoms with Crippen molar-refractivity contribution in [2.45, 2.75) is 38.1 Å². The molecule has 0 bridgehead atoms. The number of sulfonamides is 1. The second kappa shape index (κ2) is 6.91. The monoisotopic (exact) mass is 315 g/mol. The lowest BCUT2D eigenvalue weighted by molar-refractivity contribution is -0.140. The maximum Gasteiger partial charge on any atom is 0.322 e. The van der Waals surface area contributed by atoms with Crippen LogP contribution in [-0.2, 0) is 14.8 Å². The average molecular weight is 315 g/mol. The van der Waals surface area contributed by atoms with E-state index in [1.807, 2.05) is 6.92 Å². The minimum absolute atomic E-state index is 0.0235. The zero-order chi connectivity index (χ0) is 16.2. The molecule has 0 fully saturated rings. The van der Waals surface area contributed by atoms with E-state index < -0.39 is 22.0 Å². The predicted molar refractivity (Wildman–Crippen MR) is 78.9 cm³/mol. The van der Waals surface area contributed by atoms with Crippen LogP contribution in [0, 0.1) is 12.8 Å². The van der Waals surface area contributed by atoms with Gasteiger partial charge in [0.1, 0.15) is 11.8 Å². The van der Waals surface area contributed by atoms with E-state index in [2.05, 4.69) is 4.72 Å². The number of methoxy groups -OCH3 is 1. The Morgan fingerprint density at radius 2 is 2.05 bits per heavy atom. The van der Waals surface area contributed by atoms with E-state index in [9.17, 15) is 18.3 Å². The molecule has 0 aliphatic carbocycles. The first kappa shape index (κ1) is 17.5. The minimum atomic E-state index is -3.89. The van der Waals surface area contributed by atoms with Gasteiger partial charge in [-0.1, -0.05) is 20.3 Å². The van der Waals surface area contributed by atoms with E-state index in [-0.39, 0.29) is 10.8 Å². The Hall–Kier alpha value is -1.60. The third kappa shape index (κ3) is 4.18. The van der Waals surface area contributed by atoms with Crippen molar-refractivity contribution in [2.75, 3.05) is 7.11 Å². The summed E-state index contributed by atoms with van der Waals surface area (Å²) in [4.78, 5) is 11.3. The lowest BCUT2D eigenvalue weighted by atomic mass is 10.0. The zero-order valence-corrected chi connectivity index (χ0v) is 13.4. The Bertz CT molecular complexity index is 612. The second-order valence-electron chi connectivity index (χ2n) is 4.95. The number of nitrogens with one attached hydrogen (secondary N) is 1. The van der Waals surface area contributed by atoms with Crippen molar-refractivity contribution >= 4 is 16.0 Å². The van der Waals surface area contributed by atoms with Crippen LogP contribution in [0.15, 0.2) is 23.1 Å². The molecule has 0 heterocycles. The van der Waals surface area contributed by atoms with Gasteiger partial charge in [-0.15, -0.1) is 0 Å². The third-order valence-corrected chi connectivity index (χ3v) is 4.88. The number of benzene rings is 1. The average Bonchev–Trinajstić information content (AvgIpc) is 2.43. The molecule has 0 amide bonds. The minimum Gasteiger partial charge on any atom is -0.496 e. The van der Waals surface area contributed by atoms with Crippen molar-refractivity contribution in [1.29, 1.82) is 0 Å². The van der Waals surface area contributed by atoms with Gasteiger partial charge in [0.25, 0.3) is 0 Å². The zero-order valence-electron chi connectivity index (χ0n) is 12.6. The summed E-state index contributed by atoms with van der Waals surface area (Å²) in [7, 11) is -2.40. The highest BCUT2D eigenvalue weighted by molar-refractivity contribution is 7.89. The van der Waals surface area contributed by atoms with Gasteiger partial charge in [0.05, 0.1) is 12.0 Å². The summed E-state index contributed by atoms with van der Waals surface area (Å²) < 4.78 is 31.9. The van der Waals surface area contributed by atoms with E-state index in [0.717, 1.165) is 0 Å². The van der Waals surface area contributed by atoms with Gasteiger partial charge >= 0.3 is 5.97 Å². The van der Waals surface area contributed by atoms with Crippen LogP contribution in [-0.4, -0.2) is 32.6 Å². The van der Waals surface area contributed by atoms with Crippen molar-refractivity contribution in [1.82, 2.24) is 4.72 Å². The number of aryl methyl sites for hydroxylation is 1. The smallest absolute Gasteiger partial charge is 0.322 e. The van der Waals surface area contributed by atoms with Crippen molar-refractivity contribution < 1.29 is 23.1 Å². The number of carboxylic acid groups (broad SMARTS) is 1. The van der Waals surface area contributed by atoms with Crippen LogP contribution >= 0.6 is 0 Å². The molecule has 0 saturated heterocycles. The Kier molecular flexibility index (Phi) is 5.74. The van der Waals surface area contributed by atoms with Gasteiger partial charge in [-0.25, -0.2) is 8.42 Å². The molecule has 0 aromatic heterocycles. The maximum absolute atomic E-state index is 12.3. The molecule has 2 N–H and O–H groups in total. The lowest BCUT2D eigenvalue weighted by Gasteiger charge is -2.20. The van der Waals surface area contributed by atoms with Crippen LogP contribution in [0.5, 0.6) is 5.75 Å². The lowest BCUT2D eigenvalue weighted by Crippen LogP contribution is -2.44. The number of aliphatic carboxylic acids is 1. The summed E-state index contributed by atoms with van der Waals surface area (Å²) in [6.07, 6.45) is 0.557. The Labute approximate surface area is 125 Å². The molecule has 2 atom stereocenters. The first-order valence-corrected chi connectivity index (χ1v) is 8.11. The molecule has 118 valence electrons. The molecule has 1 rings (SSSR count). The van der Waals surface area contributed by atoms with Crippen molar-refractivity contribution in [3.63, 3.8) is 0 Å². The van der Waals surface area contributed by atoms with Crippen LogP contribution < -0.4 is 9.46 Å². The fourth-order valence-corrected chi connectivity index (χ4v) is 3.28. The molecule has 1 aromatic carbocycles. The molecular weight excluding hydrogens is 294 g/mol. The van der Waals surface area contributed by atoms with E-state index in [0.29, 0.717) is 17.7 Å². The van der Waals surface area contributed by atoms with Gasteiger partial charge in [0, 0.05) is 0 Å². The molecule has 7 heteroatoms.